The Kier molecular flexibility index (Phi) is 6.90. The first kappa shape index (κ1) is 18.1. The highest BCUT2D eigenvalue weighted by atomic mass is 16.5. The topological polar surface area (TPSA) is 65.1 Å². The summed E-state index contributed by atoms with van der Waals surface area (Å²) in [6.45, 7) is 1.74. The van der Waals surface area contributed by atoms with Gasteiger partial charge in [0.1, 0.15) is 11.5 Å². The average molecular weight is 335 g/mol. The molecule has 24 heavy (non-hydrogen) atoms. The lowest BCUT2D eigenvalue weighted by atomic mass is 9.97. The van der Waals surface area contributed by atoms with E-state index in [1.165, 1.54) is 7.11 Å². The molecule has 0 aliphatic carbocycles. The zero-order valence-corrected chi connectivity index (χ0v) is 14.3. The minimum Gasteiger partial charge on any atom is -0.497 e. The van der Waals surface area contributed by atoms with Gasteiger partial charge in [-0.1, -0.05) is 0 Å². The molecule has 1 fully saturated rings. The number of ether oxygens (including phenoxy) is 3. The number of carbonyl (C=O) groups is 2. The number of rotatable bonds is 7. The Morgan fingerprint density at radius 3 is 2.29 bits per heavy atom. The molecule has 6 heteroatoms. The lowest BCUT2D eigenvalue weighted by Crippen LogP contribution is -2.40. The van der Waals surface area contributed by atoms with Crippen LogP contribution in [0.25, 0.3) is 0 Å². The number of amides is 1. The predicted octanol–water partition coefficient (Wildman–Crippen LogP) is 2.27. The fourth-order valence-corrected chi connectivity index (χ4v) is 2.77. The molecule has 1 amide bonds. The van der Waals surface area contributed by atoms with E-state index in [4.69, 9.17) is 14.2 Å². The standard InChI is InChI=1S/C18H25NO5/c1-22-15-5-7-16(8-6-15)24-13-3-4-17(20)19-11-9-14(10-12-19)18(21)23-2/h5-8,14H,3-4,9-13H2,1-2H3. The molecular formula is C18H25NO5. The van der Waals surface area contributed by atoms with Crippen molar-refractivity contribution in [3.8, 4) is 11.5 Å². The van der Waals surface area contributed by atoms with Crippen molar-refractivity contribution in [1.82, 2.24) is 4.90 Å². The molecule has 0 unspecified atom stereocenters. The minimum absolute atomic E-state index is 0.0718. The van der Waals surface area contributed by atoms with Gasteiger partial charge in [0.05, 0.1) is 26.7 Å². The average Bonchev–Trinajstić information content (AvgIpc) is 2.65. The molecule has 0 spiro atoms. The Hall–Kier alpha value is -2.24. The lowest BCUT2D eigenvalue weighted by Gasteiger charge is -2.30. The number of hydrogen-bond donors (Lipinski definition) is 0. The first-order chi connectivity index (χ1) is 11.6. The summed E-state index contributed by atoms with van der Waals surface area (Å²) in [5, 5.41) is 0. The molecule has 0 aromatic heterocycles. The van der Waals surface area contributed by atoms with Gasteiger partial charge < -0.3 is 19.1 Å². The second-order valence-electron chi connectivity index (χ2n) is 5.81. The van der Waals surface area contributed by atoms with Crippen LogP contribution < -0.4 is 9.47 Å². The van der Waals surface area contributed by atoms with Crippen LogP contribution >= 0.6 is 0 Å². The van der Waals surface area contributed by atoms with Crippen molar-refractivity contribution < 1.29 is 23.8 Å². The molecular weight excluding hydrogens is 310 g/mol. The number of esters is 1. The molecule has 0 bridgehead atoms. The van der Waals surface area contributed by atoms with Gasteiger partial charge in [-0.3, -0.25) is 9.59 Å². The summed E-state index contributed by atoms with van der Waals surface area (Å²) >= 11 is 0. The van der Waals surface area contributed by atoms with Crippen LogP contribution in [0.15, 0.2) is 24.3 Å². The first-order valence-electron chi connectivity index (χ1n) is 8.26. The van der Waals surface area contributed by atoms with Crippen LogP contribution in [-0.2, 0) is 14.3 Å². The molecule has 1 aliphatic rings. The molecule has 0 radical (unpaired) electrons. The fourth-order valence-electron chi connectivity index (χ4n) is 2.77. The van der Waals surface area contributed by atoms with Crippen molar-refractivity contribution in [2.75, 3.05) is 33.9 Å². The second kappa shape index (κ2) is 9.15. The number of hydrogen-bond acceptors (Lipinski definition) is 5. The molecule has 1 aliphatic heterocycles. The third-order valence-electron chi connectivity index (χ3n) is 4.25. The fraction of sp³-hybridized carbons (Fsp3) is 0.556. The largest absolute Gasteiger partial charge is 0.497 e. The molecule has 1 aromatic rings. The van der Waals surface area contributed by atoms with E-state index in [1.807, 2.05) is 29.2 Å². The Morgan fingerprint density at radius 1 is 1.08 bits per heavy atom. The Balaban J connectivity index is 1.64. The van der Waals surface area contributed by atoms with Crippen molar-refractivity contribution in [2.24, 2.45) is 5.92 Å². The molecule has 1 saturated heterocycles. The first-order valence-corrected chi connectivity index (χ1v) is 8.26. The third-order valence-corrected chi connectivity index (χ3v) is 4.25. The van der Waals surface area contributed by atoms with Crippen molar-refractivity contribution in [3.05, 3.63) is 24.3 Å². The van der Waals surface area contributed by atoms with Crippen molar-refractivity contribution >= 4 is 11.9 Å². The highest BCUT2D eigenvalue weighted by Crippen LogP contribution is 2.20. The lowest BCUT2D eigenvalue weighted by molar-refractivity contribution is -0.148. The van der Waals surface area contributed by atoms with Gasteiger partial charge in [0.2, 0.25) is 5.91 Å². The van der Waals surface area contributed by atoms with E-state index in [0.717, 1.165) is 11.5 Å². The summed E-state index contributed by atoms with van der Waals surface area (Å²) in [6.07, 6.45) is 2.49. The van der Waals surface area contributed by atoms with Crippen LogP contribution in [0.3, 0.4) is 0 Å². The van der Waals surface area contributed by atoms with Gasteiger partial charge in [-0.2, -0.15) is 0 Å². The summed E-state index contributed by atoms with van der Waals surface area (Å²) < 4.78 is 15.5. The van der Waals surface area contributed by atoms with E-state index in [1.54, 1.807) is 7.11 Å². The Labute approximate surface area is 142 Å². The molecule has 132 valence electrons. The molecule has 0 atom stereocenters. The van der Waals surface area contributed by atoms with Gasteiger partial charge in [-0.15, -0.1) is 0 Å². The smallest absolute Gasteiger partial charge is 0.308 e. The molecule has 0 saturated carbocycles. The summed E-state index contributed by atoms with van der Waals surface area (Å²) in [7, 11) is 3.03. The maximum Gasteiger partial charge on any atom is 0.308 e. The summed E-state index contributed by atoms with van der Waals surface area (Å²) in [5.41, 5.74) is 0. The molecule has 1 aromatic carbocycles. The minimum atomic E-state index is -0.171. The number of nitrogens with zero attached hydrogens (tertiary/aromatic N) is 1. The van der Waals surface area contributed by atoms with E-state index in [9.17, 15) is 9.59 Å². The van der Waals surface area contributed by atoms with Crippen LogP contribution in [0.1, 0.15) is 25.7 Å². The molecule has 6 nitrogen and oxygen atoms in total. The third kappa shape index (κ3) is 5.15. The number of piperidine rings is 1. The highest BCUT2D eigenvalue weighted by molar-refractivity contribution is 5.77. The van der Waals surface area contributed by atoms with Crippen molar-refractivity contribution in [1.29, 1.82) is 0 Å². The zero-order chi connectivity index (χ0) is 17.4. The Morgan fingerprint density at radius 2 is 1.71 bits per heavy atom. The summed E-state index contributed by atoms with van der Waals surface area (Å²) in [4.78, 5) is 25.5. The van der Waals surface area contributed by atoms with Gasteiger partial charge in [-0.05, 0) is 43.5 Å². The monoisotopic (exact) mass is 335 g/mol. The van der Waals surface area contributed by atoms with Gasteiger partial charge in [0, 0.05) is 19.5 Å². The van der Waals surface area contributed by atoms with E-state index < -0.39 is 0 Å². The molecule has 2 rings (SSSR count). The number of carbonyl (C=O) groups excluding carboxylic acids is 2. The van der Waals surface area contributed by atoms with Crippen LogP contribution in [0.4, 0.5) is 0 Å². The molecule has 1 heterocycles. The maximum absolute atomic E-state index is 12.2. The van der Waals surface area contributed by atoms with Crippen molar-refractivity contribution in [3.63, 3.8) is 0 Å². The van der Waals surface area contributed by atoms with E-state index in [-0.39, 0.29) is 17.8 Å². The quantitative estimate of drug-likeness (QED) is 0.565. The van der Waals surface area contributed by atoms with Gasteiger partial charge in [0.25, 0.3) is 0 Å². The maximum atomic E-state index is 12.2. The van der Waals surface area contributed by atoms with Crippen LogP contribution in [0.5, 0.6) is 11.5 Å². The van der Waals surface area contributed by atoms with E-state index >= 15 is 0 Å². The number of likely N-dealkylation sites (tertiary alicyclic amines) is 1. The van der Waals surface area contributed by atoms with E-state index in [0.29, 0.717) is 45.4 Å². The zero-order valence-electron chi connectivity index (χ0n) is 14.3. The SMILES string of the molecule is COC(=O)C1CCN(C(=O)CCCOc2ccc(OC)cc2)CC1. The van der Waals surface area contributed by atoms with Crippen LogP contribution in [-0.4, -0.2) is 50.7 Å². The number of benzene rings is 1. The van der Waals surface area contributed by atoms with Crippen LogP contribution in [0.2, 0.25) is 0 Å². The van der Waals surface area contributed by atoms with Crippen LogP contribution in [0, 0.1) is 5.92 Å². The van der Waals surface area contributed by atoms with Gasteiger partial charge in [-0.25, -0.2) is 0 Å². The second-order valence-corrected chi connectivity index (χ2v) is 5.81. The van der Waals surface area contributed by atoms with Gasteiger partial charge >= 0.3 is 5.97 Å². The normalized spacial score (nSPS) is 15.0. The van der Waals surface area contributed by atoms with Gasteiger partial charge in [0.15, 0.2) is 0 Å². The van der Waals surface area contributed by atoms with Crippen molar-refractivity contribution in [2.45, 2.75) is 25.7 Å². The Bertz CT molecular complexity index is 535. The predicted molar refractivity (Wildman–Crippen MR) is 89.0 cm³/mol. The number of methoxy groups -OCH3 is 2. The highest BCUT2D eigenvalue weighted by Gasteiger charge is 2.27. The van der Waals surface area contributed by atoms with E-state index in [2.05, 4.69) is 0 Å². The molecule has 0 N–H and O–H groups in total. The summed E-state index contributed by atoms with van der Waals surface area (Å²) in [6, 6.07) is 7.37. The summed E-state index contributed by atoms with van der Waals surface area (Å²) in [5.74, 6) is 1.43.